The van der Waals surface area contributed by atoms with E-state index in [1.807, 2.05) is 66.1 Å². The van der Waals surface area contributed by atoms with Crippen LogP contribution in [0.15, 0.2) is 60.7 Å². The predicted molar refractivity (Wildman–Crippen MR) is 200 cm³/mol. The first-order valence-electron chi connectivity index (χ1n) is 18.8. The van der Waals surface area contributed by atoms with Crippen molar-refractivity contribution in [3.8, 4) is 6.01 Å². The van der Waals surface area contributed by atoms with Crippen molar-refractivity contribution in [2.24, 2.45) is 11.3 Å². The number of ether oxygens (including phenoxy) is 1. The lowest BCUT2D eigenvalue weighted by atomic mass is 9.91. The van der Waals surface area contributed by atoms with Gasteiger partial charge in [-0.15, -0.1) is 0 Å². The molecule has 0 unspecified atom stereocenters. The highest BCUT2D eigenvalue weighted by Gasteiger charge is 2.62. The van der Waals surface area contributed by atoms with Crippen LogP contribution in [0.4, 0.5) is 5.69 Å². The lowest BCUT2D eigenvalue weighted by molar-refractivity contribution is -0.139. The van der Waals surface area contributed by atoms with Crippen LogP contribution in [0.1, 0.15) is 96.6 Å². The first-order valence-corrected chi connectivity index (χ1v) is 20.3. The molecule has 2 amide bonds. The van der Waals surface area contributed by atoms with Crippen LogP contribution < -0.4 is 14.8 Å². The van der Waals surface area contributed by atoms with Gasteiger partial charge >= 0.3 is 0 Å². The number of aromatic nitrogens is 2. The molecule has 12 heteroatoms. The molecule has 2 aromatic carbocycles. The number of Topliss-reactive ketones (excluding diaryl/α,β-unsaturated/α-hetero) is 1. The summed E-state index contributed by atoms with van der Waals surface area (Å²) in [4.78, 5) is 49.7. The number of nitrogens with zero attached hydrogens (tertiary/aromatic N) is 3. The van der Waals surface area contributed by atoms with Crippen LogP contribution in [0, 0.1) is 18.3 Å². The Balaban J connectivity index is 1.21. The van der Waals surface area contributed by atoms with E-state index in [1.54, 1.807) is 11.8 Å². The van der Waals surface area contributed by atoms with Gasteiger partial charge in [-0.05, 0) is 95.9 Å². The minimum Gasteiger partial charge on any atom is -0.459 e. The number of fused-ring (bicyclic) bond motifs is 3. The van der Waals surface area contributed by atoms with Crippen molar-refractivity contribution in [3.63, 3.8) is 0 Å². The molecule has 0 spiro atoms. The van der Waals surface area contributed by atoms with Gasteiger partial charge in [0.25, 0.3) is 6.01 Å². The topological polar surface area (TPSA) is 140 Å². The second kappa shape index (κ2) is 14.0. The summed E-state index contributed by atoms with van der Waals surface area (Å²) in [6.07, 6.45) is 8.99. The molecule has 0 radical (unpaired) electrons. The van der Waals surface area contributed by atoms with Gasteiger partial charge in [-0.1, -0.05) is 55.3 Å². The highest BCUT2D eigenvalue weighted by molar-refractivity contribution is 7.91. The van der Waals surface area contributed by atoms with E-state index in [1.165, 1.54) is 0 Å². The Labute approximate surface area is 306 Å². The quantitative estimate of drug-likeness (QED) is 0.260. The van der Waals surface area contributed by atoms with Crippen LogP contribution in [0.25, 0.3) is 11.0 Å². The predicted octanol–water partition coefficient (Wildman–Crippen LogP) is 6.24. The molecule has 4 aliphatic rings. The number of sulfonamides is 1. The molecule has 3 heterocycles. The fraction of sp³-hybridized carbons (Fsp3) is 0.550. The number of ketones is 1. The summed E-state index contributed by atoms with van der Waals surface area (Å²) in [5.41, 5.74) is 2.45. The minimum absolute atomic E-state index is 0.0452. The molecule has 3 aromatic rings. The number of imidazole rings is 1. The van der Waals surface area contributed by atoms with Gasteiger partial charge in [-0.2, -0.15) is 4.98 Å². The van der Waals surface area contributed by atoms with Gasteiger partial charge in [0, 0.05) is 24.6 Å². The molecule has 0 bridgehead atoms. The third kappa shape index (κ3) is 6.98. The van der Waals surface area contributed by atoms with E-state index < -0.39 is 44.3 Å². The molecule has 3 fully saturated rings. The van der Waals surface area contributed by atoms with Crippen LogP contribution in [-0.4, -0.2) is 69.9 Å². The van der Waals surface area contributed by atoms with E-state index in [-0.39, 0.29) is 43.0 Å². The maximum absolute atomic E-state index is 14.6. The molecule has 1 aromatic heterocycles. The van der Waals surface area contributed by atoms with E-state index in [2.05, 4.69) is 30.0 Å². The highest BCUT2D eigenvalue weighted by atomic mass is 32.2. The molecule has 2 saturated carbocycles. The first-order chi connectivity index (χ1) is 24.8. The number of carbonyl (C=O) groups is 3. The van der Waals surface area contributed by atoms with Gasteiger partial charge in [-0.3, -0.25) is 23.7 Å². The maximum atomic E-state index is 14.6. The largest absolute Gasteiger partial charge is 0.459 e. The Morgan fingerprint density at radius 2 is 1.81 bits per heavy atom. The lowest BCUT2D eigenvalue weighted by Gasteiger charge is -2.30. The molecule has 5 atom stereocenters. The molecule has 11 nitrogen and oxygen atoms in total. The van der Waals surface area contributed by atoms with Crippen molar-refractivity contribution in [1.82, 2.24) is 19.2 Å². The number of hydrogen-bond acceptors (Lipinski definition) is 8. The van der Waals surface area contributed by atoms with E-state index in [4.69, 9.17) is 9.72 Å². The summed E-state index contributed by atoms with van der Waals surface area (Å²) in [5, 5.41) is 3.45. The number of para-hydroxylation sites is 2. The fourth-order valence-corrected chi connectivity index (χ4v) is 9.32. The number of hydrogen-bond donors (Lipinski definition) is 2. The smallest absolute Gasteiger partial charge is 0.297 e. The normalized spacial score (nSPS) is 28.4. The Morgan fingerprint density at radius 1 is 1.04 bits per heavy atom. The number of anilines is 1. The summed E-state index contributed by atoms with van der Waals surface area (Å²) < 4.78 is 36.4. The Morgan fingerprint density at radius 3 is 2.54 bits per heavy atom. The van der Waals surface area contributed by atoms with Gasteiger partial charge < -0.3 is 15.0 Å². The third-order valence-corrected chi connectivity index (χ3v) is 13.8. The third-order valence-electron chi connectivity index (χ3n) is 11.6. The van der Waals surface area contributed by atoms with Crippen LogP contribution in [0.2, 0.25) is 0 Å². The molecule has 2 aliphatic carbocycles. The summed E-state index contributed by atoms with van der Waals surface area (Å²) in [6.45, 7) is 7.96. The van der Waals surface area contributed by atoms with Gasteiger partial charge in [0.1, 0.15) is 12.1 Å². The van der Waals surface area contributed by atoms with E-state index >= 15 is 0 Å². The van der Waals surface area contributed by atoms with E-state index in [0.717, 1.165) is 48.0 Å². The lowest BCUT2D eigenvalue weighted by Crippen LogP contribution is -2.49. The summed E-state index contributed by atoms with van der Waals surface area (Å²) in [5.74, 6) is -1.34. The van der Waals surface area contributed by atoms with Crippen molar-refractivity contribution in [3.05, 3.63) is 66.2 Å². The maximum Gasteiger partial charge on any atom is 0.297 e. The van der Waals surface area contributed by atoms with Crippen molar-refractivity contribution in [2.45, 2.75) is 121 Å². The molecule has 278 valence electrons. The number of allylic oxidation sites excluding steroid dienone is 2. The highest BCUT2D eigenvalue weighted by Crippen LogP contribution is 2.57. The average Bonchev–Trinajstić information content (AvgIpc) is 3.92. The molecule has 2 aliphatic heterocycles. The number of benzene rings is 2. The Kier molecular flexibility index (Phi) is 9.73. The van der Waals surface area contributed by atoms with Gasteiger partial charge in [-0.25, -0.2) is 8.42 Å². The minimum atomic E-state index is -3.90. The van der Waals surface area contributed by atoms with Gasteiger partial charge in [0.2, 0.25) is 21.8 Å². The molecule has 2 N–H and O–H groups in total. The molecule has 1 saturated heterocycles. The monoisotopic (exact) mass is 729 g/mol. The summed E-state index contributed by atoms with van der Waals surface area (Å²) >= 11 is 0. The van der Waals surface area contributed by atoms with Crippen molar-refractivity contribution < 1.29 is 27.5 Å². The SMILES string of the molecule is Cc1cccc2c1nc(O[C@@H]1C[C@H]3C(=O)C[C@]4(C(=O)NS(=O)(=O)C5(C)CC5)C[C@H]4/C=C\CCCCC[C@H](Nc4ccccc4)C(=O)N3C1)n2C(C)C. The van der Waals surface area contributed by atoms with Crippen LogP contribution in [-0.2, 0) is 24.4 Å². The second-order valence-electron chi connectivity index (χ2n) is 15.9. The molecule has 7 rings (SSSR count). The van der Waals surface area contributed by atoms with Crippen LogP contribution in [0.3, 0.4) is 0 Å². The van der Waals surface area contributed by atoms with E-state index in [9.17, 15) is 22.8 Å². The molecular formula is C40H51N5O6S. The number of amides is 2. The van der Waals surface area contributed by atoms with Gasteiger partial charge in [0.15, 0.2) is 5.78 Å². The van der Waals surface area contributed by atoms with Crippen molar-refractivity contribution >= 4 is 44.3 Å². The van der Waals surface area contributed by atoms with Crippen LogP contribution in [0.5, 0.6) is 6.01 Å². The van der Waals surface area contributed by atoms with Crippen molar-refractivity contribution in [1.29, 1.82) is 0 Å². The molecular weight excluding hydrogens is 679 g/mol. The number of nitrogens with one attached hydrogen (secondary N) is 2. The Bertz CT molecular complexity index is 1990. The number of carbonyl (C=O) groups excluding carboxylic acids is 3. The zero-order valence-electron chi connectivity index (χ0n) is 30.6. The summed E-state index contributed by atoms with van der Waals surface area (Å²) in [6, 6.07) is 14.7. The van der Waals surface area contributed by atoms with Gasteiger partial charge in [0.05, 0.1) is 33.8 Å². The summed E-state index contributed by atoms with van der Waals surface area (Å²) in [7, 11) is -3.90. The first kappa shape index (κ1) is 36.2. The number of aryl methyl sites for hydroxylation is 1. The zero-order valence-corrected chi connectivity index (χ0v) is 31.5. The standard InChI is InChI=1S/C40H51N5O6S/c1-26(2)45-32-19-13-14-27(3)35(32)42-38(45)51-30-22-33-34(46)24-40(37(48)43-52(49,50)39(4)20-21-39)23-28(40)15-9-6-5-7-12-18-31(36(47)44(33)25-30)41-29-16-10-8-11-17-29/h8-11,13-17,19,26,28,30-31,33,41H,5-7,12,18,20-25H2,1-4H3,(H,43,48)/b15-9-/t28-,30-,31+,33+,40-/m1/s1. The Hall–Kier alpha value is -4.19. The second-order valence-corrected chi connectivity index (χ2v) is 18.1. The zero-order chi connectivity index (χ0) is 36.8. The van der Waals surface area contributed by atoms with Crippen LogP contribution >= 0.6 is 0 Å². The van der Waals surface area contributed by atoms with Crippen molar-refractivity contribution in [2.75, 3.05) is 11.9 Å². The van der Waals surface area contributed by atoms with E-state index in [0.29, 0.717) is 31.7 Å². The fourth-order valence-electron chi connectivity index (χ4n) is 7.99. The average molecular weight is 730 g/mol. The molecule has 52 heavy (non-hydrogen) atoms. The number of rotatable bonds is 8.